The van der Waals surface area contributed by atoms with Gasteiger partial charge in [0.25, 0.3) is 0 Å². The largest absolute Gasteiger partial charge is 0.513 e. The molecule has 0 aliphatic carbocycles. The van der Waals surface area contributed by atoms with Crippen molar-refractivity contribution in [2.45, 2.75) is 13.3 Å². The van der Waals surface area contributed by atoms with Gasteiger partial charge in [-0.05, 0) is 41.8 Å². The van der Waals surface area contributed by atoms with Crippen LogP contribution in [0.15, 0.2) is 42.5 Å². The Balaban J connectivity index is 2.24. The fourth-order valence-electron chi connectivity index (χ4n) is 2.03. The molecule has 7 nitrogen and oxygen atoms in total. The normalized spacial score (nSPS) is 10.4. The van der Waals surface area contributed by atoms with Crippen molar-refractivity contribution in [2.75, 3.05) is 13.7 Å². The Labute approximate surface area is 156 Å². The summed E-state index contributed by atoms with van der Waals surface area (Å²) in [6, 6.07) is 11.2. The van der Waals surface area contributed by atoms with Gasteiger partial charge in [0.15, 0.2) is 0 Å². The molecule has 0 unspecified atom stereocenters. The van der Waals surface area contributed by atoms with E-state index in [4.69, 9.17) is 14.2 Å². The first-order valence-corrected chi connectivity index (χ1v) is 8.22. The van der Waals surface area contributed by atoms with Gasteiger partial charge in [-0.25, -0.2) is 9.59 Å². The minimum atomic E-state index is -0.894. The van der Waals surface area contributed by atoms with Crippen molar-refractivity contribution >= 4 is 24.5 Å². The summed E-state index contributed by atoms with van der Waals surface area (Å²) in [4.78, 5) is 23.0. The van der Waals surface area contributed by atoms with Crippen molar-refractivity contribution in [3.8, 4) is 17.2 Å². The first-order valence-electron chi connectivity index (χ1n) is 8.22. The Morgan fingerprint density at radius 3 is 2.11 bits per heavy atom. The number of hydrogen-bond donors (Lipinski definition) is 1. The van der Waals surface area contributed by atoms with Gasteiger partial charge in [0.2, 0.25) is 0 Å². The van der Waals surface area contributed by atoms with Crippen LogP contribution in [-0.4, -0.2) is 31.1 Å². The van der Waals surface area contributed by atoms with E-state index in [2.05, 4.69) is 4.74 Å². The molecule has 0 heterocycles. The molecule has 0 aliphatic rings. The summed E-state index contributed by atoms with van der Waals surface area (Å²) in [6.45, 7) is 2.11. The van der Waals surface area contributed by atoms with Crippen molar-refractivity contribution in [1.29, 1.82) is 0 Å². The SMILES string of the molecule is CCCOC(=O)Oc1cc(/C=C/c2ccc(O)cc2)cc(OC(=O)OC)c1. The summed E-state index contributed by atoms with van der Waals surface area (Å²) in [6.07, 6.45) is 2.45. The number of benzene rings is 2. The van der Waals surface area contributed by atoms with Crippen LogP contribution < -0.4 is 9.47 Å². The van der Waals surface area contributed by atoms with Crippen LogP contribution in [-0.2, 0) is 9.47 Å². The second-order valence-corrected chi connectivity index (χ2v) is 5.42. The Morgan fingerprint density at radius 1 is 0.926 bits per heavy atom. The molecule has 2 aromatic rings. The number of ether oxygens (including phenoxy) is 4. The van der Waals surface area contributed by atoms with Gasteiger partial charge in [-0.2, -0.15) is 0 Å². The van der Waals surface area contributed by atoms with Crippen molar-refractivity contribution in [3.05, 3.63) is 53.6 Å². The molecule has 0 saturated heterocycles. The molecular formula is C20H20O7. The molecule has 0 bridgehead atoms. The Bertz CT molecular complexity index is 810. The highest BCUT2D eigenvalue weighted by Crippen LogP contribution is 2.25. The highest BCUT2D eigenvalue weighted by Gasteiger charge is 2.11. The van der Waals surface area contributed by atoms with E-state index in [1.165, 1.54) is 13.2 Å². The molecule has 2 aromatic carbocycles. The second-order valence-electron chi connectivity index (χ2n) is 5.42. The molecule has 0 amide bonds. The summed E-state index contributed by atoms with van der Waals surface area (Å²) in [5.41, 5.74) is 1.46. The standard InChI is InChI=1S/C20H20O7/c1-3-10-25-20(23)27-18-12-15(11-17(13-18)26-19(22)24-2)5-4-14-6-8-16(21)9-7-14/h4-9,11-13,21H,3,10H2,1-2H3/b5-4+. The lowest BCUT2D eigenvalue weighted by molar-refractivity contribution is 0.0990. The predicted molar refractivity (Wildman–Crippen MR) is 98.8 cm³/mol. The van der Waals surface area contributed by atoms with Gasteiger partial charge < -0.3 is 24.1 Å². The van der Waals surface area contributed by atoms with Gasteiger partial charge in [0.05, 0.1) is 13.7 Å². The Kier molecular flexibility index (Phi) is 7.25. The minimum absolute atomic E-state index is 0.146. The second kappa shape index (κ2) is 9.86. The quantitative estimate of drug-likeness (QED) is 0.449. The van der Waals surface area contributed by atoms with E-state index in [1.807, 2.05) is 6.92 Å². The molecule has 0 fully saturated rings. The average molecular weight is 372 g/mol. The number of phenolic OH excluding ortho intramolecular Hbond substituents is 1. The molecule has 142 valence electrons. The fraction of sp³-hybridized carbons (Fsp3) is 0.200. The van der Waals surface area contributed by atoms with E-state index in [0.717, 1.165) is 5.56 Å². The highest BCUT2D eigenvalue weighted by atomic mass is 16.7. The number of methoxy groups -OCH3 is 1. The molecule has 0 spiro atoms. The van der Waals surface area contributed by atoms with Gasteiger partial charge in [-0.15, -0.1) is 0 Å². The minimum Gasteiger partial charge on any atom is -0.508 e. The Morgan fingerprint density at radius 2 is 1.52 bits per heavy atom. The van der Waals surface area contributed by atoms with Crippen LogP contribution in [0.25, 0.3) is 12.2 Å². The molecule has 0 aromatic heterocycles. The summed E-state index contributed by atoms with van der Waals surface area (Å²) >= 11 is 0. The predicted octanol–water partition coefficient (Wildman–Crippen LogP) is 4.63. The molecule has 2 rings (SSSR count). The molecular weight excluding hydrogens is 352 g/mol. The zero-order valence-electron chi connectivity index (χ0n) is 15.0. The number of rotatable bonds is 6. The van der Waals surface area contributed by atoms with E-state index in [9.17, 15) is 14.7 Å². The van der Waals surface area contributed by atoms with Crippen LogP contribution in [0.3, 0.4) is 0 Å². The number of carbonyl (C=O) groups is 2. The summed E-state index contributed by atoms with van der Waals surface area (Å²) in [7, 11) is 1.19. The first kappa shape index (κ1) is 19.8. The smallest absolute Gasteiger partial charge is 0.508 e. The summed E-state index contributed by atoms with van der Waals surface area (Å²) < 4.78 is 19.5. The number of aromatic hydroxyl groups is 1. The number of phenols is 1. The van der Waals surface area contributed by atoms with Crippen LogP contribution in [0, 0.1) is 0 Å². The third-order valence-corrected chi connectivity index (χ3v) is 3.26. The topological polar surface area (TPSA) is 91.3 Å². The monoisotopic (exact) mass is 372 g/mol. The summed E-state index contributed by atoms with van der Waals surface area (Å²) in [5, 5.41) is 9.32. The maximum absolute atomic E-state index is 11.7. The van der Waals surface area contributed by atoms with Gasteiger partial charge in [-0.3, -0.25) is 0 Å². The molecule has 0 aliphatic heterocycles. The number of carbonyl (C=O) groups excluding carboxylic acids is 2. The third kappa shape index (κ3) is 6.74. The lowest BCUT2D eigenvalue weighted by Crippen LogP contribution is -2.12. The van der Waals surface area contributed by atoms with Crippen LogP contribution in [0.1, 0.15) is 24.5 Å². The van der Waals surface area contributed by atoms with Gasteiger partial charge in [0, 0.05) is 6.07 Å². The van der Waals surface area contributed by atoms with Gasteiger partial charge in [0.1, 0.15) is 17.2 Å². The van der Waals surface area contributed by atoms with E-state index < -0.39 is 12.3 Å². The van der Waals surface area contributed by atoms with Crippen LogP contribution >= 0.6 is 0 Å². The molecule has 0 radical (unpaired) electrons. The van der Waals surface area contributed by atoms with Gasteiger partial charge >= 0.3 is 12.3 Å². The van der Waals surface area contributed by atoms with E-state index in [1.54, 1.807) is 48.6 Å². The van der Waals surface area contributed by atoms with E-state index in [0.29, 0.717) is 12.0 Å². The number of hydrogen-bond acceptors (Lipinski definition) is 7. The third-order valence-electron chi connectivity index (χ3n) is 3.26. The molecule has 27 heavy (non-hydrogen) atoms. The van der Waals surface area contributed by atoms with Crippen LogP contribution in [0.5, 0.6) is 17.2 Å². The fourth-order valence-corrected chi connectivity index (χ4v) is 2.03. The van der Waals surface area contributed by atoms with Crippen molar-refractivity contribution < 1.29 is 33.6 Å². The van der Waals surface area contributed by atoms with Crippen molar-refractivity contribution in [2.24, 2.45) is 0 Å². The maximum atomic E-state index is 11.7. The molecule has 0 atom stereocenters. The molecule has 7 heteroatoms. The molecule has 1 N–H and O–H groups in total. The lowest BCUT2D eigenvalue weighted by Gasteiger charge is -2.09. The van der Waals surface area contributed by atoms with Crippen LogP contribution in [0.4, 0.5) is 9.59 Å². The van der Waals surface area contributed by atoms with E-state index >= 15 is 0 Å². The zero-order chi connectivity index (χ0) is 19.6. The maximum Gasteiger partial charge on any atom is 0.513 e. The molecule has 0 saturated carbocycles. The average Bonchev–Trinajstić information content (AvgIpc) is 2.65. The van der Waals surface area contributed by atoms with Gasteiger partial charge in [-0.1, -0.05) is 31.2 Å². The van der Waals surface area contributed by atoms with E-state index in [-0.39, 0.29) is 23.9 Å². The zero-order valence-corrected chi connectivity index (χ0v) is 15.0. The van der Waals surface area contributed by atoms with Crippen molar-refractivity contribution in [3.63, 3.8) is 0 Å². The lowest BCUT2D eigenvalue weighted by atomic mass is 10.1. The Hall–Kier alpha value is -3.48. The van der Waals surface area contributed by atoms with Crippen molar-refractivity contribution in [1.82, 2.24) is 0 Å². The van der Waals surface area contributed by atoms with Crippen LogP contribution in [0.2, 0.25) is 0 Å². The highest BCUT2D eigenvalue weighted by molar-refractivity contribution is 5.73. The summed E-state index contributed by atoms with van der Waals surface area (Å²) in [5.74, 6) is 0.470. The first-order chi connectivity index (χ1) is 13.0.